The summed E-state index contributed by atoms with van der Waals surface area (Å²) in [4.78, 5) is 2.48. The first-order chi connectivity index (χ1) is 7.85. The molecule has 1 saturated carbocycles. The second-order valence-electron chi connectivity index (χ2n) is 4.19. The number of anilines is 1. The van der Waals surface area contributed by atoms with Crippen molar-refractivity contribution >= 4 is 16.5 Å². The first-order valence-electron chi connectivity index (χ1n) is 5.87. The maximum absolute atomic E-state index is 5.43. The zero-order valence-electron chi connectivity index (χ0n) is 9.65. The molecule has 1 fully saturated rings. The van der Waals surface area contributed by atoms with Crippen LogP contribution < -0.4 is 11.3 Å². The molecule has 5 nitrogen and oxygen atoms in total. The first-order valence-corrected chi connectivity index (χ1v) is 6.64. The number of nitrogens with zero attached hydrogens (tertiary/aromatic N) is 3. The van der Waals surface area contributed by atoms with E-state index in [4.69, 9.17) is 5.84 Å². The summed E-state index contributed by atoms with van der Waals surface area (Å²) in [6.45, 7) is 4.12. The van der Waals surface area contributed by atoms with E-state index < -0.39 is 0 Å². The van der Waals surface area contributed by atoms with E-state index in [9.17, 15) is 0 Å². The molecule has 0 amide bonds. The molecule has 6 heteroatoms. The molecule has 1 aromatic heterocycles. The lowest BCUT2D eigenvalue weighted by Gasteiger charge is -2.26. The Labute approximate surface area is 100 Å². The van der Waals surface area contributed by atoms with E-state index >= 15 is 0 Å². The summed E-state index contributed by atoms with van der Waals surface area (Å²) in [5.41, 5.74) is 3.64. The minimum atomic E-state index is 0.720. The van der Waals surface area contributed by atoms with E-state index in [0.717, 1.165) is 29.8 Å². The zero-order valence-corrected chi connectivity index (χ0v) is 10.5. The molecule has 0 unspecified atom stereocenters. The van der Waals surface area contributed by atoms with Gasteiger partial charge < -0.3 is 5.43 Å². The van der Waals surface area contributed by atoms with Crippen LogP contribution in [0.25, 0.3) is 0 Å². The van der Waals surface area contributed by atoms with Gasteiger partial charge in [0, 0.05) is 24.1 Å². The third kappa shape index (κ3) is 2.50. The monoisotopic (exact) mass is 241 g/mol. The Morgan fingerprint density at radius 3 is 2.88 bits per heavy atom. The summed E-state index contributed by atoms with van der Waals surface area (Å²) < 4.78 is 3.93. The van der Waals surface area contributed by atoms with Gasteiger partial charge in [-0.2, -0.15) is 0 Å². The van der Waals surface area contributed by atoms with Crippen LogP contribution in [0.4, 0.5) is 5.00 Å². The fourth-order valence-electron chi connectivity index (χ4n) is 2.38. The number of nitrogens with one attached hydrogen (secondary N) is 1. The molecule has 1 aromatic rings. The minimum Gasteiger partial charge on any atom is -0.313 e. The number of rotatable bonds is 5. The number of nitrogens with two attached hydrogens (primary N) is 1. The van der Waals surface area contributed by atoms with Crippen LogP contribution in [-0.2, 0) is 6.54 Å². The highest BCUT2D eigenvalue weighted by Gasteiger charge is 2.23. The second-order valence-corrected chi connectivity index (χ2v) is 4.95. The number of hydrogen-bond donors (Lipinski definition) is 2. The third-order valence-electron chi connectivity index (χ3n) is 3.29. The van der Waals surface area contributed by atoms with Crippen LogP contribution >= 0.6 is 11.5 Å². The van der Waals surface area contributed by atoms with Gasteiger partial charge in [0.25, 0.3) is 0 Å². The number of aromatic nitrogens is 2. The third-order valence-corrected chi connectivity index (χ3v) is 3.99. The van der Waals surface area contributed by atoms with E-state index in [1.807, 2.05) is 0 Å². The Hall–Kier alpha value is -0.720. The Morgan fingerprint density at radius 2 is 2.25 bits per heavy atom. The van der Waals surface area contributed by atoms with E-state index in [1.165, 1.54) is 37.2 Å². The Bertz CT molecular complexity index is 321. The van der Waals surface area contributed by atoms with Gasteiger partial charge in [-0.3, -0.25) is 4.90 Å². The maximum Gasteiger partial charge on any atom is 0.148 e. The molecule has 90 valence electrons. The number of hydrazine groups is 1. The molecule has 2 rings (SSSR count). The molecule has 0 atom stereocenters. The predicted molar refractivity (Wildman–Crippen MR) is 66.1 cm³/mol. The van der Waals surface area contributed by atoms with Gasteiger partial charge in [-0.15, -0.1) is 5.10 Å². The van der Waals surface area contributed by atoms with Crippen molar-refractivity contribution in [3.05, 3.63) is 5.69 Å². The smallest absolute Gasteiger partial charge is 0.148 e. The molecule has 16 heavy (non-hydrogen) atoms. The molecular formula is C10H19N5S. The van der Waals surface area contributed by atoms with Gasteiger partial charge in [0.1, 0.15) is 10.7 Å². The molecule has 1 aliphatic rings. The molecular weight excluding hydrogens is 222 g/mol. The SMILES string of the molecule is CCN(Cc1nnsc1NN)C1CCCC1. The molecule has 0 spiro atoms. The van der Waals surface area contributed by atoms with E-state index in [2.05, 4.69) is 26.8 Å². The van der Waals surface area contributed by atoms with Crippen molar-refractivity contribution in [2.45, 2.75) is 45.2 Å². The average Bonchev–Trinajstić information content (AvgIpc) is 2.96. The van der Waals surface area contributed by atoms with Gasteiger partial charge in [-0.25, -0.2) is 5.84 Å². The van der Waals surface area contributed by atoms with Gasteiger partial charge in [-0.05, 0) is 19.4 Å². The second kappa shape index (κ2) is 5.56. The molecule has 0 bridgehead atoms. The summed E-state index contributed by atoms with van der Waals surface area (Å²) >= 11 is 1.32. The summed E-state index contributed by atoms with van der Waals surface area (Å²) in [6.07, 6.45) is 5.35. The van der Waals surface area contributed by atoms with Crippen LogP contribution in [0.1, 0.15) is 38.3 Å². The fraction of sp³-hybridized carbons (Fsp3) is 0.800. The normalized spacial score (nSPS) is 17.2. The molecule has 0 saturated heterocycles. The van der Waals surface area contributed by atoms with Crippen LogP contribution in [0.3, 0.4) is 0 Å². The van der Waals surface area contributed by atoms with Gasteiger partial charge in [0.05, 0.1) is 0 Å². The van der Waals surface area contributed by atoms with Gasteiger partial charge in [0.2, 0.25) is 0 Å². The molecule has 0 aromatic carbocycles. The first kappa shape index (κ1) is 11.8. The number of nitrogen functional groups attached to an aromatic ring is 1. The van der Waals surface area contributed by atoms with Crippen LogP contribution in [0, 0.1) is 0 Å². The van der Waals surface area contributed by atoms with Crippen molar-refractivity contribution in [2.75, 3.05) is 12.0 Å². The Balaban J connectivity index is 2.00. The molecule has 0 aliphatic heterocycles. The van der Waals surface area contributed by atoms with Crippen molar-refractivity contribution in [1.82, 2.24) is 14.5 Å². The zero-order chi connectivity index (χ0) is 11.4. The summed E-state index contributed by atoms with van der Waals surface area (Å²) in [5, 5.41) is 5.02. The van der Waals surface area contributed by atoms with Crippen molar-refractivity contribution in [2.24, 2.45) is 5.84 Å². The van der Waals surface area contributed by atoms with Crippen molar-refractivity contribution in [3.63, 3.8) is 0 Å². The Morgan fingerprint density at radius 1 is 1.50 bits per heavy atom. The number of hydrogen-bond acceptors (Lipinski definition) is 6. The Kier molecular flexibility index (Phi) is 4.09. The van der Waals surface area contributed by atoms with Crippen molar-refractivity contribution < 1.29 is 0 Å². The summed E-state index contributed by atoms with van der Waals surface area (Å²) in [5.74, 6) is 5.43. The van der Waals surface area contributed by atoms with Gasteiger partial charge >= 0.3 is 0 Å². The van der Waals surface area contributed by atoms with Gasteiger partial charge in [0.15, 0.2) is 0 Å². The highest BCUT2D eigenvalue weighted by atomic mass is 32.1. The molecule has 1 heterocycles. The van der Waals surface area contributed by atoms with Crippen molar-refractivity contribution in [1.29, 1.82) is 0 Å². The quantitative estimate of drug-likeness (QED) is 0.605. The summed E-state index contributed by atoms with van der Waals surface area (Å²) in [6, 6.07) is 0.720. The molecule has 0 radical (unpaired) electrons. The van der Waals surface area contributed by atoms with Crippen LogP contribution in [0.5, 0.6) is 0 Å². The van der Waals surface area contributed by atoms with Crippen LogP contribution in [0.2, 0.25) is 0 Å². The van der Waals surface area contributed by atoms with Crippen LogP contribution in [-0.4, -0.2) is 27.1 Å². The molecule has 1 aliphatic carbocycles. The maximum atomic E-state index is 5.43. The largest absolute Gasteiger partial charge is 0.313 e. The molecule has 3 N–H and O–H groups in total. The highest BCUT2D eigenvalue weighted by molar-refractivity contribution is 7.10. The minimum absolute atomic E-state index is 0.720. The van der Waals surface area contributed by atoms with Gasteiger partial charge in [-0.1, -0.05) is 24.3 Å². The topological polar surface area (TPSA) is 67.1 Å². The lowest BCUT2D eigenvalue weighted by molar-refractivity contribution is 0.198. The van der Waals surface area contributed by atoms with Crippen LogP contribution in [0.15, 0.2) is 0 Å². The highest BCUT2D eigenvalue weighted by Crippen LogP contribution is 2.26. The average molecular weight is 241 g/mol. The standard InChI is InChI=1S/C10H19N5S/c1-2-15(8-5-3-4-6-8)7-9-10(12-11)16-14-13-9/h8,12H,2-7,11H2,1H3. The van der Waals surface area contributed by atoms with E-state index in [1.54, 1.807) is 0 Å². The lowest BCUT2D eigenvalue weighted by atomic mass is 10.2. The lowest BCUT2D eigenvalue weighted by Crippen LogP contribution is -2.33. The predicted octanol–water partition coefficient (Wildman–Crippen LogP) is 1.59. The summed E-state index contributed by atoms with van der Waals surface area (Å²) in [7, 11) is 0. The van der Waals surface area contributed by atoms with E-state index in [-0.39, 0.29) is 0 Å². The fourth-order valence-corrected chi connectivity index (χ4v) is 2.87. The van der Waals surface area contributed by atoms with E-state index in [0.29, 0.717) is 0 Å². The van der Waals surface area contributed by atoms with Crippen molar-refractivity contribution in [3.8, 4) is 0 Å².